The third-order valence-corrected chi connectivity index (χ3v) is 4.51. The molecule has 1 aliphatic carbocycles. The zero-order valence-electron chi connectivity index (χ0n) is 15.0. The van der Waals surface area contributed by atoms with E-state index in [4.69, 9.17) is 0 Å². The van der Waals surface area contributed by atoms with Gasteiger partial charge in [-0.25, -0.2) is 0 Å². The first-order valence-corrected chi connectivity index (χ1v) is 8.87. The van der Waals surface area contributed by atoms with E-state index < -0.39 is 0 Å². The molecule has 1 atom stereocenters. The Labute approximate surface area is 141 Å². The van der Waals surface area contributed by atoms with Crippen molar-refractivity contribution >= 4 is 5.96 Å². The lowest BCUT2D eigenvalue weighted by Gasteiger charge is -2.26. The number of hydrogen-bond donors (Lipinski definition) is 2. The van der Waals surface area contributed by atoms with Crippen molar-refractivity contribution in [2.45, 2.75) is 51.6 Å². The van der Waals surface area contributed by atoms with Crippen LogP contribution in [0.2, 0.25) is 0 Å². The highest BCUT2D eigenvalue weighted by Gasteiger charge is 2.30. The third-order valence-electron chi connectivity index (χ3n) is 4.51. The molecule has 0 bridgehead atoms. The summed E-state index contributed by atoms with van der Waals surface area (Å²) in [5, 5.41) is 6.88. The highest BCUT2D eigenvalue weighted by atomic mass is 15.2. The van der Waals surface area contributed by atoms with Crippen LogP contribution in [-0.2, 0) is 0 Å². The first-order valence-electron chi connectivity index (χ1n) is 8.87. The molecule has 2 rings (SSSR count). The third kappa shape index (κ3) is 5.87. The molecule has 23 heavy (non-hydrogen) atoms. The van der Waals surface area contributed by atoms with Gasteiger partial charge in [0, 0.05) is 38.8 Å². The smallest absolute Gasteiger partial charge is 0.191 e. The fourth-order valence-corrected chi connectivity index (χ4v) is 2.94. The highest BCUT2D eigenvalue weighted by molar-refractivity contribution is 5.79. The van der Waals surface area contributed by atoms with Crippen LogP contribution in [0.1, 0.15) is 45.1 Å². The maximum atomic E-state index is 4.33. The molecule has 1 saturated carbocycles. The van der Waals surface area contributed by atoms with Crippen LogP contribution in [0.15, 0.2) is 35.3 Å². The second-order valence-corrected chi connectivity index (χ2v) is 6.75. The number of nitrogens with one attached hydrogen (secondary N) is 2. The fraction of sp³-hybridized carbons (Fsp3) is 0.632. The molecule has 0 aliphatic heterocycles. The molecule has 0 heterocycles. The van der Waals surface area contributed by atoms with Crippen molar-refractivity contribution in [3.8, 4) is 0 Å². The van der Waals surface area contributed by atoms with E-state index >= 15 is 0 Å². The lowest BCUT2D eigenvalue weighted by atomic mass is 10.0. The molecule has 128 valence electrons. The molecule has 2 N–H and O–H groups in total. The second kappa shape index (κ2) is 8.92. The maximum Gasteiger partial charge on any atom is 0.191 e. The van der Waals surface area contributed by atoms with Crippen molar-refractivity contribution in [2.24, 2.45) is 4.99 Å². The summed E-state index contributed by atoms with van der Waals surface area (Å²) >= 11 is 0. The van der Waals surface area contributed by atoms with Gasteiger partial charge in [-0.2, -0.15) is 0 Å². The molecule has 1 aromatic carbocycles. The SMILES string of the molecule is CN=C(NCCN(C(C)C)C1CC1)NCC(C)c1ccccc1. The van der Waals surface area contributed by atoms with Crippen molar-refractivity contribution < 1.29 is 0 Å². The Morgan fingerprint density at radius 3 is 2.43 bits per heavy atom. The van der Waals surface area contributed by atoms with Gasteiger partial charge in [0.2, 0.25) is 0 Å². The Bertz CT molecular complexity index is 477. The maximum absolute atomic E-state index is 4.33. The fourth-order valence-electron chi connectivity index (χ4n) is 2.94. The first kappa shape index (κ1) is 17.8. The van der Waals surface area contributed by atoms with E-state index in [1.165, 1.54) is 18.4 Å². The van der Waals surface area contributed by atoms with Gasteiger partial charge in [-0.15, -0.1) is 0 Å². The summed E-state index contributed by atoms with van der Waals surface area (Å²) in [7, 11) is 1.84. The van der Waals surface area contributed by atoms with E-state index in [0.717, 1.165) is 31.6 Å². The lowest BCUT2D eigenvalue weighted by Crippen LogP contribution is -2.44. The van der Waals surface area contributed by atoms with Gasteiger partial charge in [0.05, 0.1) is 0 Å². The van der Waals surface area contributed by atoms with E-state index in [9.17, 15) is 0 Å². The number of hydrogen-bond acceptors (Lipinski definition) is 2. The van der Waals surface area contributed by atoms with E-state index in [1.807, 2.05) is 7.05 Å². The largest absolute Gasteiger partial charge is 0.356 e. The molecule has 4 heteroatoms. The number of aliphatic imine (C=N–C) groups is 1. The highest BCUT2D eigenvalue weighted by Crippen LogP contribution is 2.27. The molecule has 0 saturated heterocycles. The Morgan fingerprint density at radius 1 is 1.17 bits per heavy atom. The Kier molecular flexibility index (Phi) is 6.90. The van der Waals surface area contributed by atoms with Crippen molar-refractivity contribution in [1.82, 2.24) is 15.5 Å². The van der Waals surface area contributed by atoms with Crippen LogP contribution in [0.5, 0.6) is 0 Å². The van der Waals surface area contributed by atoms with Crippen molar-refractivity contribution in [2.75, 3.05) is 26.7 Å². The molecular formula is C19H32N4. The monoisotopic (exact) mass is 316 g/mol. The molecule has 0 amide bonds. The molecule has 1 fully saturated rings. The van der Waals surface area contributed by atoms with Gasteiger partial charge in [-0.3, -0.25) is 9.89 Å². The molecular weight excluding hydrogens is 284 g/mol. The van der Waals surface area contributed by atoms with Gasteiger partial charge < -0.3 is 10.6 Å². The molecule has 1 aromatic rings. The topological polar surface area (TPSA) is 39.7 Å². The van der Waals surface area contributed by atoms with Gasteiger partial charge >= 0.3 is 0 Å². The molecule has 0 spiro atoms. The van der Waals surface area contributed by atoms with Gasteiger partial charge in [0.1, 0.15) is 0 Å². The van der Waals surface area contributed by atoms with Crippen molar-refractivity contribution in [3.05, 3.63) is 35.9 Å². The number of guanidine groups is 1. The quantitative estimate of drug-likeness (QED) is 0.572. The van der Waals surface area contributed by atoms with Crippen LogP contribution in [0.25, 0.3) is 0 Å². The zero-order chi connectivity index (χ0) is 16.7. The summed E-state index contributed by atoms with van der Waals surface area (Å²) in [5.74, 6) is 1.36. The van der Waals surface area contributed by atoms with Crippen LogP contribution in [0, 0.1) is 0 Å². The number of rotatable bonds is 8. The van der Waals surface area contributed by atoms with Gasteiger partial charge in [0.15, 0.2) is 5.96 Å². The summed E-state index contributed by atoms with van der Waals surface area (Å²) < 4.78 is 0. The van der Waals surface area contributed by atoms with E-state index in [0.29, 0.717) is 12.0 Å². The Morgan fingerprint density at radius 2 is 1.87 bits per heavy atom. The van der Waals surface area contributed by atoms with Crippen molar-refractivity contribution in [3.63, 3.8) is 0 Å². The minimum Gasteiger partial charge on any atom is -0.356 e. The van der Waals surface area contributed by atoms with Crippen LogP contribution >= 0.6 is 0 Å². The van der Waals surface area contributed by atoms with Gasteiger partial charge in [0.25, 0.3) is 0 Å². The number of nitrogens with zero attached hydrogens (tertiary/aromatic N) is 2. The summed E-state index contributed by atoms with van der Waals surface area (Å²) in [6.07, 6.45) is 2.72. The van der Waals surface area contributed by atoms with Crippen LogP contribution in [0.3, 0.4) is 0 Å². The molecule has 0 radical (unpaired) electrons. The Hall–Kier alpha value is -1.55. The Balaban J connectivity index is 1.71. The summed E-state index contributed by atoms with van der Waals surface area (Å²) in [6.45, 7) is 9.72. The predicted molar refractivity (Wildman–Crippen MR) is 99.1 cm³/mol. The molecule has 4 nitrogen and oxygen atoms in total. The summed E-state index contributed by atoms with van der Waals surface area (Å²) in [4.78, 5) is 6.92. The van der Waals surface area contributed by atoms with Gasteiger partial charge in [-0.05, 0) is 38.2 Å². The summed E-state index contributed by atoms with van der Waals surface area (Å²) in [5.41, 5.74) is 1.36. The first-order chi connectivity index (χ1) is 11.1. The van der Waals surface area contributed by atoms with E-state index in [1.54, 1.807) is 0 Å². The van der Waals surface area contributed by atoms with E-state index in [-0.39, 0.29) is 0 Å². The van der Waals surface area contributed by atoms with Crippen LogP contribution in [0.4, 0.5) is 0 Å². The van der Waals surface area contributed by atoms with Crippen LogP contribution < -0.4 is 10.6 Å². The number of benzene rings is 1. The normalized spacial score (nSPS) is 16.7. The minimum atomic E-state index is 0.466. The second-order valence-electron chi connectivity index (χ2n) is 6.75. The minimum absolute atomic E-state index is 0.466. The molecule has 1 aliphatic rings. The average Bonchev–Trinajstić information content (AvgIpc) is 3.39. The van der Waals surface area contributed by atoms with Gasteiger partial charge in [-0.1, -0.05) is 37.3 Å². The average molecular weight is 316 g/mol. The lowest BCUT2D eigenvalue weighted by molar-refractivity contribution is 0.215. The van der Waals surface area contributed by atoms with E-state index in [2.05, 4.69) is 71.6 Å². The van der Waals surface area contributed by atoms with Crippen molar-refractivity contribution in [1.29, 1.82) is 0 Å². The predicted octanol–water partition coefficient (Wildman–Crippen LogP) is 2.83. The molecule has 0 aromatic heterocycles. The standard InChI is InChI=1S/C19H32N4/c1-15(2)23(18-10-11-18)13-12-21-19(20-4)22-14-16(3)17-8-6-5-7-9-17/h5-9,15-16,18H,10-14H2,1-4H3,(H2,20,21,22). The zero-order valence-corrected chi connectivity index (χ0v) is 15.0. The molecule has 1 unspecified atom stereocenters. The van der Waals surface area contributed by atoms with Crippen LogP contribution in [-0.4, -0.2) is 49.6 Å². The summed E-state index contributed by atoms with van der Waals surface area (Å²) in [6, 6.07) is 12.0.